The third kappa shape index (κ3) is 9.21. The molecule has 0 aromatic rings. The predicted molar refractivity (Wildman–Crippen MR) is 68.6 cm³/mol. The van der Waals surface area contributed by atoms with Gasteiger partial charge in [0.25, 0.3) is 0 Å². The molecule has 0 radical (unpaired) electrons. The van der Waals surface area contributed by atoms with Gasteiger partial charge in [0.2, 0.25) is 0 Å². The highest BCUT2D eigenvalue weighted by molar-refractivity contribution is 5.80. The highest BCUT2D eigenvalue weighted by Gasteiger charge is 2.22. The summed E-state index contributed by atoms with van der Waals surface area (Å²) >= 11 is 0. The zero-order valence-corrected chi connectivity index (χ0v) is 11.6. The van der Waals surface area contributed by atoms with Gasteiger partial charge in [-0.25, -0.2) is 0 Å². The summed E-state index contributed by atoms with van der Waals surface area (Å²) < 4.78 is 19.4. The van der Waals surface area contributed by atoms with E-state index in [9.17, 15) is 9.59 Å². The van der Waals surface area contributed by atoms with E-state index in [1.165, 1.54) is 14.2 Å². The Morgan fingerprint density at radius 3 is 2.16 bits per heavy atom. The standard InChI is InChI=1S/C13H22O6/c1-4-5-11(13(15)19-9-7-17-3)10-12(14)18-8-6-16-2/h4,11H,1,5-10H2,2-3H3. The lowest BCUT2D eigenvalue weighted by molar-refractivity contribution is -0.156. The molecule has 0 spiro atoms. The van der Waals surface area contributed by atoms with Gasteiger partial charge in [-0.15, -0.1) is 6.58 Å². The highest BCUT2D eigenvalue weighted by Crippen LogP contribution is 2.12. The van der Waals surface area contributed by atoms with Crippen LogP contribution in [-0.2, 0) is 28.5 Å². The number of ether oxygens (including phenoxy) is 4. The Bertz CT molecular complexity index is 276. The summed E-state index contributed by atoms with van der Waals surface area (Å²) in [6.07, 6.45) is 1.91. The Balaban J connectivity index is 4.11. The molecule has 0 amide bonds. The Labute approximate surface area is 113 Å². The average molecular weight is 274 g/mol. The molecule has 0 N–H and O–H groups in total. The van der Waals surface area contributed by atoms with Gasteiger partial charge in [0.1, 0.15) is 13.2 Å². The molecule has 0 bridgehead atoms. The number of esters is 2. The molecule has 0 heterocycles. The van der Waals surface area contributed by atoms with Crippen LogP contribution in [0.2, 0.25) is 0 Å². The molecule has 1 atom stereocenters. The van der Waals surface area contributed by atoms with Gasteiger partial charge >= 0.3 is 11.9 Å². The van der Waals surface area contributed by atoms with Crippen molar-refractivity contribution in [2.75, 3.05) is 40.6 Å². The zero-order valence-electron chi connectivity index (χ0n) is 11.6. The zero-order chi connectivity index (χ0) is 14.5. The Morgan fingerprint density at radius 2 is 1.63 bits per heavy atom. The van der Waals surface area contributed by atoms with Crippen molar-refractivity contribution in [3.05, 3.63) is 12.7 Å². The van der Waals surface area contributed by atoms with Crippen molar-refractivity contribution in [3.8, 4) is 0 Å². The fraction of sp³-hybridized carbons (Fsp3) is 0.692. The molecule has 6 nitrogen and oxygen atoms in total. The second kappa shape index (κ2) is 11.7. The molecule has 0 saturated carbocycles. The molecule has 1 unspecified atom stereocenters. The summed E-state index contributed by atoms with van der Waals surface area (Å²) in [7, 11) is 3.03. The number of carbonyl (C=O) groups is 2. The topological polar surface area (TPSA) is 71.1 Å². The van der Waals surface area contributed by atoms with Crippen LogP contribution in [0.15, 0.2) is 12.7 Å². The van der Waals surface area contributed by atoms with Crippen molar-refractivity contribution in [1.82, 2.24) is 0 Å². The minimum Gasteiger partial charge on any atom is -0.463 e. The van der Waals surface area contributed by atoms with Crippen LogP contribution >= 0.6 is 0 Å². The summed E-state index contributed by atoms with van der Waals surface area (Å²) in [5.74, 6) is -1.46. The van der Waals surface area contributed by atoms with E-state index in [2.05, 4.69) is 6.58 Å². The van der Waals surface area contributed by atoms with Crippen LogP contribution in [0.3, 0.4) is 0 Å². The molecule has 0 aliphatic heterocycles. The molecule has 0 aromatic heterocycles. The second-order valence-corrected chi connectivity index (χ2v) is 3.80. The number of hydrogen-bond donors (Lipinski definition) is 0. The molecule has 0 aliphatic carbocycles. The van der Waals surface area contributed by atoms with Crippen molar-refractivity contribution in [1.29, 1.82) is 0 Å². The van der Waals surface area contributed by atoms with Gasteiger partial charge in [0.15, 0.2) is 0 Å². The minimum absolute atomic E-state index is 0.0262. The third-order valence-corrected chi connectivity index (χ3v) is 2.28. The van der Waals surface area contributed by atoms with Gasteiger partial charge < -0.3 is 18.9 Å². The number of methoxy groups -OCH3 is 2. The summed E-state index contributed by atoms with van der Waals surface area (Å²) in [6, 6.07) is 0. The Morgan fingerprint density at radius 1 is 1.05 bits per heavy atom. The molecular weight excluding hydrogens is 252 g/mol. The van der Waals surface area contributed by atoms with Crippen molar-refractivity contribution in [2.24, 2.45) is 5.92 Å². The average Bonchev–Trinajstić information content (AvgIpc) is 2.38. The number of hydrogen-bond acceptors (Lipinski definition) is 6. The first-order valence-electron chi connectivity index (χ1n) is 6.06. The van der Waals surface area contributed by atoms with Crippen LogP contribution in [0, 0.1) is 5.92 Å². The Kier molecular flexibility index (Phi) is 10.8. The lowest BCUT2D eigenvalue weighted by atomic mass is 10.0. The fourth-order valence-electron chi connectivity index (χ4n) is 1.31. The first-order valence-corrected chi connectivity index (χ1v) is 6.06. The molecule has 110 valence electrons. The molecule has 0 rings (SSSR count). The highest BCUT2D eigenvalue weighted by atomic mass is 16.6. The van der Waals surface area contributed by atoms with E-state index >= 15 is 0 Å². The SMILES string of the molecule is C=CCC(CC(=O)OCCOC)C(=O)OCCOC. The van der Waals surface area contributed by atoms with Gasteiger partial charge in [-0.3, -0.25) is 9.59 Å². The maximum atomic E-state index is 11.7. The second-order valence-electron chi connectivity index (χ2n) is 3.80. The lowest BCUT2D eigenvalue weighted by Gasteiger charge is -2.13. The summed E-state index contributed by atoms with van der Waals surface area (Å²) in [5.41, 5.74) is 0. The number of rotatable bonds is 11. The van der Waals surface area contributed by atoms with Crippen molar-refractivity contribution in [2.45, 2.75) is 12.8 Å². The molecule has 0 aromatic carbocycles. The van der Waals surface area contributed by atoms with Crippen molar-refractivity contribution < 1.29 is 28.5 Å². The van der Waals surface area contributed by atoms with Crippen LogP contribution in [0.25, 0.3) is 0 Å². The quantitative estimate of drug-likeness (QED) is 0.317. The van der Waals surface area contributed by atoms with Gasteiger partial charge in [-0.1, -0.05) is 6.08 Å². The van der Waals surface area contributed by atoms with Gasteiger partial charge in [-0.2, -0.15) is 0 Å². The van der Waals surface area contributed by atoms with E-state index in [1.54, 1.807) is 6.08 Å². The van der Waals surface area contributed by atoms with E-state index in [0.717, 1.165) is 0 Å². The summed E-state index contributed by atoms with van der Waals surface area (Å²) in [5, 5.41) is 0. The normalized spacial score (nSPS) is 11.7. The summed E-state index contributed by atoms with van der Waals surface area (Å²) in [4.78, 5) is 23.2. The number of carbonyl (C=O) groups excluding carboxylic acids is 2. The largest absolute Gasteiger partial charge is 0.463 e. The van der Waals surface area contributed by atoms with Gasteiger partial charge in [0, 0.05) is 14.2 Å². The minimum atomic E-state index is -0.565. The van der Waals surface area contributed by atoms with Gasteiger partial charge in [-0.05, 0) is 6.42 Å². The maximum Gasteiger partial charge on any atom is 0.309 e. The molecule has 19 heavy (non-hydrogen) atoms. The molecule has 0 saturated heterocycles. The Hall–Kier alpha value is -1.40. The van der Waals surface area contributed by atoms with E-state index < -0.39 is 17.9 Å². The maximum absolute atomic E-state index is 11.7. The molecule has 0 fully saturated rings. The third-order valence-electron chi connectivity index (χ3n) is 2.28. The van der Waals surface area contributed by atoms with Crippen LogP contribution in [0.4, 0.5) is 0 Å². The van der Waals surface area contributed by atoms with Crippen LogP contribution < -0.4 is 0 Å². The molecule has 0 aliphatic rings. The smallest absolute Gasteiger partial charge is 0.309 e. The first kappa shape index (κ1) is 17.6. The van der Waals surface area contributed by atoms with Crippen molar-refractivity contribution >= 4 is 11.9 Å². The molecular formula is C13H22O6. The molecule has 6 heteroatoms. The van der Waals surface area contributed by atoms with Crippen LogP contribution in [0.1, 0.15) is 12.8 Å². The van der Waals surface area contributed by atoms with E-state index in [0.29, 0.717) is 19.6 Å². The summed E-state index contributed by atoms with van der Waals surface area (Å²) in [6.45, 7) is 4.56. The van der Waals surface area contributed by atoms with E-state index in [-0.39, 0.29) is 19.6 Å². The predicted octanol–water partition coefficient (Wildman–Crippen LogP) is 0.948. The lowest BCUT2D eigenvalue weighted by Crippen LogP contribution is -2.23. The monoisotopic (exact) mass is 274 g/mol. The van der Waals surface area contributed by atoms with Crippen LogP contribution in [0.5, 0.6) is 0 Å². The first-order chi connectivity index (χ1) is 9.15. The van der Waals surface area contributed by atoms with E-state index in [1.807, 2.05) is 0 Å². The fourth-order valence-corrected chi connectivity index (χ4v) is 1.31. The van der Waals surface area contributed by atoms with Gasteiger partial charge in [0.05, 0.1) is 25.6 Å². The van der Waals surface area contributed by atoms with Crippen LogP contribution in [-0.4, -0.2) is 52.6 Å². The van der Waals surface area contributed by atoms with Crippen molar-refractivity contribution in [3.63, 3.8) is 0 Å². The number of allylic oxidation sites excluding steroid dienone is 1. The van der Waals surface area contributed by atoms with E-state index in [4.69, 9.17) is 18.9 Å².